The van der Waals surface area contributed by atoms with E-state index in [2.05, 4.69) is 163 Å². The number of rotatable bonds is 7. The molecule has 3 heterocycles. The molecule has 5 nitrogen and oxygen atoms in total. The average molecular weight is 736 g/mol. The Labute approximate surface area is 330 Å². The van der Waals surface area contributed by atoms with Crippen LogP contribution < -0.4 is 4.90 Å². The van der Waals surface area contributed by atoms with Gasteiger partial charge in [0.25, 0.3) is 0 Å². The molecule has 0 saturated heterocycles. The van der Waals surface area contributed by atoms with Gasteiger partial charge < -0.3 is 0 Å². The lowest BCUT2D eigenvalue weighted by Gasteiger charge is -2.31. The van der Waals surface area contributed by atoms with Crippen LogP contribution in [0.4, 0.5) is 17.3 Å². The molecule has 0 fully saturated rings. The van der Waals surface area contributed by atoms with Crippen LogP contribution in [-0.4, -0.2) is 19.9 Å². The van der Waals surface area contributed by atoms with Crippen LogP contribution in [0.5, 0.6) is 0 Å². The number of anilines is 3. The van der Waals surface area contributed by atoms with E-state index in [0.717, 1.165) is 73.1 Å². The number of aromatic nitrogens is 4. The summed E-state index contributed by atoms with van der Waals surface area (Å²) in [6, 6.07) is 69.1. The van der Waals surface area contributed by atoms with E-state index in [0.29, 0.717) is 11.8 Å². The lowest BCUT2D eigenvalue weighted by atomic mass is 9.98. The minimum Gasteiger partial charge on any atom is -0.277 e. The van der Waals surface area contributed by atoms with Crippen LogP contribution in [-0.2, 0) is 0 Å². The molecule has 9 aromatic rings. The predicted octanol–water partition coefficient (Wildman–Crippen LogP) is 13.2. The third kappa shape index (κ3) is 6.53. The van der Waals surface area contributed by atoms with Gasteiger partial charge in [0.05, 0.1) is 34.2 Å². The molecule has 0 N–H and O–H groups in total. The summed E-state index contributed by atoms with van der Waals surface area (Å²) in [5, 5.41) is 0. The van der Waals surface area contributed by atoms with Crippen LogP contribution in [0.25, 0.3) is 67.5 Å². The molecule has 0 atom stereocenters. The maximum absolute atomic E-state index is 5.32. The Bertz CT molecular complexity index is 2740. The van der Waals surface area contributed by atoms with Gasteiger partial charge >= 0.3 is 0 Å². The second-order valence-electron chi connectivity index (χ2n) is 13.5. The molecule has 6 heteroatoms. The molecule has 0 bridgehead atoms. The summed E-state index contributed by atoms with van der Waals surface area (Å²) in [7, 11) is 0. The number of hydrogen-bond acceptors (Lipinski definition) is 6. The molecular weight excluding hydrogens is 703 g/mol. The first-order chi connectivity index (χ1) is 27.7. The van der Waals surface area contributed by atoms with Crippen molar-refractivity contribution in [2.24, 2.45) is 0 Å². The van der Waals surface area contributed by atoms with Crippen molar-refractivity contribution in [2.45, 2.75) is 9.79 Å². The normalized spacial score (nSPS) is 11.8. The van der Waals surface area contributed by atoms with Crippen molar-refractivity contribution >= 4 is 29.1 Å². The van der Waals surface area contributed by atoms with Gasteiger partial charge in [-0.2, -0.15) is 0 Å². The third-order valence-corrected chi connectivity index (χ3v) is 11.0. The zero-order chi connectivity index (χ0) is 37.3. The first kappa shape index (κ1) is 33.4. The topological polar surface area (TPSA) is 54.8 Å². The van der Waals surface area contributed by atoms with Crippen LogP contribution in [0.15, 0.2) is 210 Å². The van der Waals surface area contributed by atoms with Gasteiger partial charge in [0.2, 0.25) is 5.95 Å². The molecule has 0 saturated carbocycles. The summed E-state index contributed by atoms with van der Waals surface area (Å²) in [6.45, 7) is 0. The van der Waals surface area contributed by atoms with E-state index < -0.39 is 0 Å². The van der Waals surface area contributed by atoms with Crippen LogP contribution >= 0.6 is 11.8 Å². The summed E-state index contributed by atoms with van der Waals surface area (Å²) in [6.07, 6.45) is 0. The predicted molar refractivity (Wildman–Crippen MR) is 229 cm³/mol. The fourth-order valence-corrected chi connectivity index (χ4v) is 8.20. The molecular formula is C50H33N5S. The summed E-state index contributed by atoms with van der Waals surface area (Å²) in [4.78, 5) is 25.2. The fourth-order valence-electron chi connectivity index (χ4n) is 7.14. The Hall–Kier alpha value is -7.15. The molecule has 0 unspecified atom stereocenters. The Balaban J connectivity index is 1.08. The first-order valence-corrected chi connectivity index (χ1v) is 19.4. The largest absolute Gasteiger partial charge is 0.277 e. The molecule has 56 heavy (non-hydrogen) atoms. The third-order valence-electron chi connectivity index (χ3n) is 9.89. The maximum Gasteiger partial charge on any atom is 0.235 e. The van der Waals surface area contributed by atoms with Crippen molar-refractivity contribution in [3.05, 3.63) is 200 Å². The van der Waals surface area contributed by atoms with Gasteiger partial charge in [0, 0.05) is 37.6 Å². The van der Waals surface area contributed by atoms with Crippen LogP contribution in [0.2, 0.25) is 0 Å². The number of fused-ring (bicyclic) bond motifs is 2. The monoisotopic (exact) mass is 735 g/mol. The molecule has 0 aliphatic carbocycles. The van der Waals surface area contributed by atoms with Gasteiger partial charge in [0.1, 0.15) is 0 Å². The van der Waals surface area contributed by atoms with Gasteiger partial charge in [-0.25, -0.2) is 19.9 Å². The van der Waals surface area contributed by atoms with Crippen molar-refractivity contribution in [1.29, 1.82) is 0 Å². The van der Waals surface area contributed by atoms with Crippen molar-refractivity contribution < 1.29 is 0 Å². The van der Waals surface area contributed by atoms with E-state index in [1.54, 1.807) is 11.8 Å². The highest BCUT2D eigenvalue weighted by Gasteiger charge is 2.27. The molecule has 7 aromatic carbocycles. The van der Waals surface area contributed by atoms with Crippen LogP contribution in [0.1, 0.15) is 0 Å². The molecule has 1 aliphatic rings. The lowest BCUT2D eigenvalue weighted by molar-refractivity contribution is 1.05. The summed E-state index contributed by atoms with van der Waals surface area (Å²) < 4.78 is 0. The fraction of sp³-hybridized carbons (Fsp3) is 0. The summed E-state index contributed by atoms with van der Waals surface area (Å²) in [5.74, 6) is 1.32. The van der Waals surface area contributed by atoms with E-state index in [9.17, 15) is 0 Å². The van der Waals surface area contributed by atoms with E-state index in [-0.39, 0.29) is 0 Å². The minimum atomic E-state index is 0.626. The SMILES string of the molecule is c1ccc(-c2cc(-c3cccc(-c4cccc(-c5cc(-c6ccccc6)nc(N6c7ccccc7Sc7ccccc76)n5)c4)c3)nc(-c3ccccc3)n2)cc1. The van der Waals surface area contributed by atoms with Crippen LogP contribution in [0.3, 0.4) is 0 Å². The Morgan fingerprint density at radius 3 is 1.20 bits per heavy atom. The summed E-state index contributed by atoms with van der Waals surface area (Å²) in [5.41, 5.74) is 12.8. The Morgan fingerprint density at radius 2 is 0.679 bits per heavy atom. The zero-order valence-electron chi connectivity index (χ0n) is 30.2. The molecule has 0 spiro atoms. The smallest absolute Gasteiger partial charge is 0.235 e. The van der Waals surface area contributed by atoms with E-state index >= 15 is 0 Å². The van der Waals surface area contributed by atoms with Gasteiger partial charge in [-0.1, -0.05) is 163 Å². The molecule has 1 aliphatic heterocycles. The molecule has 10 rings (SSSR count). The molecule has 264 valence electrons. The number of hydrogen-bond donors (Lipinski definition) is 0. The quantitative estimate of drug-likeness (QED) is 0.162. The Kier molecular flexibility index (Phi) is 8.71. The number of nitrogens with zero attached hydrogens (tertiary/aromatic N) is 5. The van der Waals surface area contributed by atoms with Crippen LogP contribution in [0, 0.1) is 0 Å². The van der Waals surface area contributed by atoms with Crippen molar-refractivity contribution in [1.82, 2.24) is 19.9 Å². The molecule has 2 aromatic heterocycles. The zero-order valence-corrected chi connectivity index (χ0v) is 31.0. The van der Waals surface area contributed by atoms with Crippen molar-refractivity contribution in [3.63, 3.8) is 0 Å². The van der Waals surface area contributed by atoms with Gasteiger partial charge in [-0.15, -0.1) is 0 Å². The van der Waals surface area contributed by atoms with Crippen molar-refractivity contribution in [2.75, 3.05) is 4.90 Å². The highest BCUT2D eigenvalue weighted by Crippen LogP contribution is 2.50. The van der Waals surface area contributed by atoms with E-state index in [1.807, 2.05) is 42.5 Å². The first-order valence-electron chi connectivity index (χ1n) is 18.6. The second kappa shape index (κ2) is 14.6. The molecule has 0 amide bonds. The van der Waals surface area contributed by atoms with Gasteiger partial charge in [-0.3, -0.25) is 4.90 Å². The maximum atomic E-state index is 5.32. The highest BCUT2D eigenvalue weighted by atomic mass is 32.2. The molecule has 0 radical (unpaired) electrons. The van der Waals surface area contributed by atoms with Gasteiger partial charge in [0.15, 0.2) is 5.82 Å². The van der Waals surface area contributed by atoms with Gasteiger partial charge in [-0.05, 0) is 59.7 Å². The second-order valence-corrected chi connectivity index (χ2v) is 14.6. The van der Waals surface area contributed by atoms with E-state index in [4.69, 9.17) is 19.9 Å². The lowest BCUT2D eigenvalue weighted by Crippen LogP contribution is -2.18. The Morgan fingerprint density at radius 1 is 0.304 bits per heavy atom. The van der Waals surface area contributed by atoms with Crippen molar-refractivity contribution in [3.8, 4) is 67.5 Å². The summed E-state index contributed by atoms with van der Waals surface area (Å²) >= 11 is 1.78. The average Bonchev–Trinajstić information content (AvgIpc) is 3.29. The highest BCUT2D eigenvalue weighted by molar-refractivity contribution is 7.99. The number of benzene rings is 7. The van der Waals surface area contributed by atoms with E-state index in [1.165, 1.54) is 9.79 Å². The number of para-hydroxylation sites is 2. The standard InChI is InChI=1S/C50H33N5S/c1-4-16-34(17-5-1)41-32-43(52-49(51-41)36-20-8-3-9-21-36)39-24-14-22-37(30-39)38-23-15-25-40(31-38)44-33-42(35-18-6-2-7-19-35)53-50(54-44)55-45-26-10-12-28-47(45)56-48-29-13-11-27-46(48)55/h1-33H. The minimum absolute atomic E-state index is 0.626.